The van der Waals surface area contributed by atoms with Crippen LogP contribution in [0.3, 0.4) is 0 Å². The summed E-state index contributed by atoms with van der Waals surface area (Å²) in [6, 6.07) is 5.34. The fourth-order valence-corrected chi connectivity index (χ4v) is 2.93. The normalized spacial score (nSPS) is 14.2. The van der Waals surface area contributed by atoms with Crippen LogP contribution >= 0.6 is 11.6 Å². The number of amides is 1. The van der Waals surface area contributed by atoms with Crippen LogP contribution in [-0.4, -0.2) is 53.7 Å². The van der Waals surface area contributed by atoms with Crippen LogP contribution in [0, 0.1) is 6.92 Å². The molecule has 8 nitrogen and oxygen atoms in total. The quantitative estimate of drug-likeness (QED) is 0.855. The lowest BCUT2D eigenvalue weighted by Crippen LogP contribution is -2.49. The first-order chi connectivity index (χ1) is 13.0. The van der Waals surface area contributed by atoms with E-state index in [4.69, 9.17) is 26.8 Å². The van der Waals surface area contributed by atoms with Crippen molar-refractivity contribution >= 4 is 29.2 Å². The summed E-state index contributed by atoms with van der Waals surface area (Å²) in [6.07, 6.45) is 1.12. The highest BCUT2D eigenvalue weighted by atomic mass is 35.5. The third-order valence-electron chi connectivity index (χ3n) is 4.28. The van der Waals surface area contributed by atoms with Crippen LogP contribution in [0.25, 0.3) is 0 Å². The van der Waals surface area contributed by atoms with Crippen molar-refractivity contribution in [3.05, 3.63) is 35.1 Å². The second kappa shape index (κ2) is 8.30. The summed E-state index contributed by atoms with van der Waals surface area (Å²) in [5.74, 6) is 1.48. The number of hydrogen-bond donors (Lipinski definition) is 1. The summed E-state index contributed by atoms with van der Waals surface area (Å²) >= 11 is 6.05. The SMILES string of the molecule is CCOC(=O)N1CCN(c2ncnc(Oc3ccc(Cl)c(C)c3)c2N)CC1. The molecule has 3 rings (SSSR count). The lowest BCUT2D eigenvalue weighted by molar-refractivity contribution is 0.105. The Morgan fingerprint density at radius 1 is 1.26 bits per heavy atom. The summed E-state index contributed by atoms with van der Waals surface area (Å²) in [6.45, 7) is 6.32. The number of nitrogen functional groups attached to an aromatic ring is 1. The number of anilines is 2. The molecule has 2 aromatic rings. The molecule has 2 heterocycles. The molecule has 2 N–H and O–H groups in total. The third kappa shape index (κ3) is 4.33. The van der Waals surface area contributed by atoms with Crippen molar-refractivity contribution < 1.29 is 14.3 Å². The number of aryl methyl sites for hydroxylation is 1. The number of hydrogen-bond acceptors (Lipinski definition) is 7. The van der Waals surface area contributed by atoms with Gasteiger partial charge < -0.3 is 25.0 Å². The van der Waals surface area contributed by atoms with Crippen LogP contribution in [0.1, 0.15) is 12.5 Å². The van der Waals surface area contributed by atoms with Crippen LogP contribution in [0.2, 0.25) is 5.02 Å². The maximum Gasteiger partial charge on any atom is 0.409 e. The van der Waals surface area contributed by atoms with Gasteiger partial charge in [-0.15, -0.1) is 0 Å². The van der Waals surface area contributed by atoms with E-state index in [0.717, 1.165) is 5.56 Å². The molecule has 0 spiro atoms. The molecular formula is C18H22ClN5O3. The van der Waals surface area contributed by atoms with Crippen molar-refractivity contribution in [2.75, 3.05) is 43.4 Å². The number of rotatable bonds is 4. The first kappa shape index (κ1) is 19.0. The number of nitrogens with two attached hydrogens (primary N) is 1. The molecule has 1 aliphatic rings. The zero-order valence-corrected chi connectivity index (χ0v) is 16.1. The first-order valence-corrected chi connectivity index (χ1v) is 9.08. The van der Waals surface area contributed by atoms with E-state index in [1.54, 1.807) is 24.0 Å². The third-order valence-corrected chi connectivity index (χ3v) is 4.70. The second-order valence-electron chi connectivity index (χ2n) is 6.10. The molecule has 0 aliphatic carbocycles. The van der Waals surface area contributed by atoms with Crippen molar-refractivity contribution in [3.63, 3.8) is 0 Å². The van der Waals surface area contributed by atoms with Gasteiger partial charge in [-0.25, -0.2) is 9.78 Å². The minimum Gasteiger partial charge on any atom is -0.450 e. The van der Waals surface area contributed by atoms with E-state index in [1.807, 2.05) is 17.9 Å². The molecule has 1 aromatic carbocycles. The van der Waals surface area contributed by atoms with E-state index in [9.17, 15) is 4.79 Å². The smallest absolute Gasteiger partial charge is 0.409 e. The summed E-state index contributed by atoms with van der Waals surface area (Å²) in [5, 5.41) is 0.665. The molecule has 27 heavy (non-hydrogen) atoms. The molecule has 0 atom stereocenters. The van der Waals surface area contributed by atoms with E-state index < -0.39 is 0 Å². The summed E-state index contributed by atoms with van der Waals surface area (Å²) in [7, 11) is 0. The van der Waals surface area contributed by atoms with Crippen molar-refractivity contribution in [2.45, 2.75) is 13.8 Å². The van der Waals surface area contributed by atoms with Gasteiger partial charge >= 0.3 is 6.09 Å². The predicted octanol–water partition coefficient (Wildman–Crippen LogP) is 3.09. The van der Waals surface area contributed by atoms with Gasteiger partial charge in [0.15, 0.2) is 5.82 Å². The van der Waals surface area contributed by atoms with E-state index >= 15 is 0 Å². The standard InChI is InChI=1S/C18H22ClN5O3/c1-3-26-18(25)24-8-6-23(7-9-24)16-15(20)17(22-11-21-16)27-13-4-5-14(19)12(2)10-13/h4-5,10-11H,3,6-9,20H2,1-2H3. The minimum atomic E-state index is -0.296. The molecule has 9 heteroatoms. The number of piperazine rings is 1. The number of carbonyl (C=O) groups excluding carboxylic acids is 1. The average Bonchev–Trinajstić information content (AvgIpc) is 2.67. The lowest BCUT2D eigenvalue weighted by atomic mass is 10.2. The Hall–Kier alpha value is -2.74. The van der Waals surface area contributed by atoms with Gasteiger partial charge in [0.2, 0.25) is 5.88 Å². The highest BCUT2D eigenvalue weighted by molar-refractivity contribution is 6.31. The zero-order chi connectivity index (χ0) is 19.4. The van der Waals surface area contributed by atoms with E-state index in [1.165, 1.54) is 6.33 Å². The second-order valence-corrected chi connectivity index (χ2v) is 6.51. The predicted molar refractivity (Wildman–Crippen MR) is 104 cm³/mol. The van der Waals surface area contributed by atoms with Crippen molar-refractivity contribution in [1.82, 2.24) is 14.9 Å². The number of benzene rings is 1. The number of carbonyl (C=O) groups is 1. The molecule has 1 aromatic heterocycles. The molecule has 1 saturated heterocycles. The van der Waals surface area contributed by atoms with Gasteiger partial charge in [-0.1, -0.05) is 11.6 Å². The van der Waals surface area contributed by atoms with Crippen LogP contribution < -0.4 is 15.4 Å². The monoisotopic (exact) mass is 391 g/mol. The van der Waals surface area contributed by atoms with Crippen LogP contribution in [0.15, 0.2) is 24.5 Å². The molecule has 1 fully saturated rings. The molecule has 0 bridgehead atoms. The number of aromatic nitrogens is 2. The average molecular weight is 392 g/mol. The Balaban J connectivity index is 1.72. The van der Waals surface area contributed by atoms with Crippen molar-refractivity contribution in [3.8, 4) is 11.6 Å². The van der Waals surface area contributed by atoms with Crippen LogP contribution in [0.5, 0.6) is 11.6 Å². The Labute approximate surface area is 162 Å². The number of nitrogens with zero attached hydrogens (tertiary/aromatic N) is 4. The fourth-order valence-electron chi connectivity index (χ4n) is 2.81. The maximum atomic E-state index is 11.8. The van der Waals surface area contributed by atoms with Gasteiger partial charge in [-0.2, -0.15) is 4.98 Å². The summed E-state index contributed by atoms with van der Waals surface area (Å²) in [5.41, 5.74) is 7.51. The van der Waals surface area contributed by atoms with E-state index in [-0.39, 0.29) is 12.0 Å². The molecular weight excluding hydrogens is 370 g/mol. The zero-order valence-electron chi connectivity index (χ0n) is 15.3. The molecule has 1 amide bonds. The molecule has 0 unspecified atom stereocenters. The van der Waals surface area contributed by atoms with Gasteiger partial charge in [0, 0.05) is 31.2 Å². The molecule has 144 valence electrons. The fraction of sp³-hybridized carbons (Fsp3) is 0.389. The summed E-state index contributed by atoms with van der Waals surface area (Å²) < 4.78 is 10.9. The van der Waals surface area contributed by atoms with Gasteiger partial charge in [0.05, 0.1) is 6.61 Å². The molecule has 0 saturated carbocycles. The van der Waals surface area contributed by atoms with Crippen molar-refractivity contribution in [2.24, 2.45) is 0 Å². The van der Waals surface area contributed by atoms with Gasteiger partial charge in [0.25, 0.3) is 0 Å². The highest BCUT2D eigenvalue weighted by Crippen LogP contribution is 2.33. The Bertz CT molecular complexity index is 825. The van der Waals surface area contributed by atoms with E-state index in [0.29, 0.717) is 55.1 Å². The summed E-state index contributed by atoms with van der Waals surface area (Å²) in [4.78, 5) is 23.9. The van der Waals surface area contributed by atoms with Gasteiger partial charge in [-0.05, 0) is 37.6 Å². The first-order valence-electron chi connectivity index (χ1n) is 8.70. The largest absolute Gasteiger partial charge is 0.450 e. The Kier molecular flexibility index (Phi) is 5.85. The number of halogens is 1. The molecule has 0 radical (unpaired) electrons. The highest BCUT2D eigenvalue weighted by Gasteiger charge is 2.25. The van der Waals surface area contributed by atoms with E-state index in [2.05, 4.69) is 9.97 Å². The van der Waals surface area contributed by atoms with Gasteiger partial charge in [-0.3, -0.25) is 0 Å². The van der Waals surface area contributed by atoms with Gasteiger partial charge in [0.1, 0.15) is 17.8 Å². The van der Waals surface area contributed by atoms with Crippen molar-refractivity contribution in [1.29, 1.82) is 0 Å². The molecule has 1 aliphatic heterocycles. The van der Waals surface area contributed by atoms with Crippen LogP contribution in [-0.2, 0) is 4.74 Å². The Morgan fingerprint density at radius 3 is 2.67 bits per heavy atom. The Morgan fingerprint density at radius 2 is 2.00 bits per heavy atom. The lowest BCUT2D eigenvalue weighted by Gasteiger charge is -2.35. The topological polar surface area (TPSA) is 93.8 Å². The minimum absolute atomic E-state index is 0.287. The number of ether oxygens (including phenoxy) is 2. The van der Waals surface area contributed by atoms with Crippen LogP contribution in [0.4, 0.5) is 16.3 Å². The maximum absolute atomic E-state index is 11.8.